The second-order valence-electron chi connectivity index (χ2n) is 7.29. The summed E-state index contributed by atoms with van der Waals surface area (Å²) in [6, 6.07) is -0.520. The van der Waals surface area contributed by atoms with Crippen molar-refractivity contribution in [3.05, 3.63) is 0 Å². The van der Waals surface area contributed by atoms with Crippen LogP contribution in [0, 0.1) is 17.3 Å². The monoisotopic (exact) mass is 296 g/mol. The molecule has 0 aromatic rings. The number of hydrogen-bond acceptors (Lipinski definition) is 3. The topological polar surface area (TPSA) is 83.6 Å². The fraction of sp³-hybridized carbons (Fsp3) is 0.875. The van der Waals surface area contributed by atoms with Crippen molar-refractivity contribution in [3.63, 3.8) is 0 Å². The second kappa shape index (κ2) is 5.95. The molecule has 0 radical (unpaired) electrons. The summed E-state index contributed by atoms with van der Waals surface area (Å²) in [5.74, 6) is -0.715. The highest BCUT2D eigenvalue weighted by Gasteiger charge is 2.47. The van der Waals surface area contributed by atoms with Gasteiger partial charge in [-0.1, -0.05) is 20.8 Å². The molecular weight excluding hydrogens is 268 g/mol. The minimum Gasteiger partial charge on any atom is -0.480 e. The van der Waals surface area contributed by atoms with Gasteiger partial charge < -0.3 is 15.7 Å². The fourth-order valence-corrected chi connectivity index (χ4v) is 3.94. The van der Waals surface area contributed by atoms with Gasteiger partial charge in [-0.3, -0.25) is 4.79 Å². The van der Waals surface area contributed by atoms with Gasteiger partial charge in [-0.2, -0.15) is 0 Å². The first-order chi connectivity index (χ1) is 9.76. The number of likely N-dealkylation sites (tertiary alicyclic amines) is 1. The lowest BCUT2D eigenvalue weighted by molar-refractivity contribution is -0.158. The third-order valence-corrected chi connectivity index (χ3v) is 5.87. The van der Waals surface area contributed by atoms with E-state index >= 15 is 0 Å². The number of carboxylic acid groups (broad SMARTS) is 1. The molecule has 2 aliphatic rings. The largest absolute Gasteiger partial charge is 0.480 e. The van der Waals surface area contributed by atoms with Crippen LogP contribution in [-0.4, -0.2) is 40.5 Å². The molecule has 2 rings (SSSR count). The number of nitrogens with two attached hydrogens (primary N) is 1. The smallest absolute Gasteiger partial charge is 0.326 e. The van der Waals surface area contributed by atoms with E-state index in [1.165, 1.54) is 0 Å². The van der Waals surface area contributed by atoms with Crippen molar-refractivity contribution in [2.45, 2.75) is 65.0 Å². The summed E-state index contributed by atoms with van der Waals surface area (Å²) in [5.41, 5.74) is 5.97. The Hall–Kier alpha value is -1.10. The quantitative estimate of drug-likeness (QED) is 0.814. The van der Waals surface area contributed by atoms with Gasteiger partial charge in [0.05, 0.1) is 0 Å². The lowest BCUT2D eigenvalue weighted by atomic mass is 9.60. The van der Waals surface area contributed by atoms with E-state index in [9.17, 15) is 14.7 Å². The highest BCUT2D eigenvalue weighted by molar-refractivity contribution is 5.86. The summed E-state index contributed by atoms with van der Waals surface area (Å²) < 4.78 is 0. The maximum Gasteiger partial charge on any atom is 0.326 e. The summed E-state index contributed by atoms with van der Waals surface area (Å²) in [7, 11) is 0. The third kappa shape index (κ3) is 2.93. The molecule has 21 heavy (non-hydrogen) atoms. The van der Waals surface area contributed by atoms with Gasteiger partial charge in [-0.15, -0.1) is 0 Å². The Kier molecular flexibility index (Phi) is 4.61. The van der Waals surface area contributed by atoms with Gasteiger partial charge in [-0.05, 0) is 43.4 Å². The first-order valence-corrected chi connectivity index (χ1v) is 8.05. The summed E-state index contributed by atoms with van der Waals surface area (Å²) >= 11 is 0. The fourth-order valence-electron chi connectivity index (χ4n) is 3.94. The molecule has 1 saturated carbocycles. The number of hydrogen-bond donors (Lipinski definition) is 2. The molecule has 4 atom stereocenters. The summed E-state index contributed by atoms with van der Waals surface area (Å²) in [4.78, 5) is 26.0. The molecule has 5 nitrogen and oxygen atoms in total. The van der Waals surface area contributed by atoms with Gasteiger partial charge in [0, 0.05) is 18.5 Å². The second-order valence-corrected chi connectivity index (χ2v) is 7.29. The van der Waals surface area contributed by atoms with Crippen molar-refractivity contribution in [1.29, 1.82) is 0 Å². The van der Waals surface area contributed by atoms with Crippen LogP contribution in [0.4, 0.5) is 0 Å². The van der Waals surface area contributed by atoms with E-state index in [-0.39, 0.29) is 29.2 Å². The molecule has 120 valence electrons. The number of carbonyl (C=O) groups is 2. The predicted molar refractivity (Wildman–Crippen MR) is 80.6 cm³/mol. The number of piperidine rings is 1. The molecule has 3 N–H and O–H groups in total. The third-order valence-electron chi connectivity index (χ3n) is 5.87. The normalized spacial score (nSPS) is 36.3. The lowest BCUT2D eigenvalue weighted by Gasteiger charge is -2.48. The summed E-state index contributed by atoms with van der Waals surface area (Å²) in [6.45, 7) is 6.87. The highest BCUT2D eigenvalue weighted by atomic mass is 16.4. The molecule has 5 heteroatoms. The number of aliphatic carboxylic acids is 1. The molecule has 1 saturated heterocycles. The van der Waals surface area contributed by atoms with Crippen LogP contribution in [0.2, 0.25) is 0 Å². The number of rotatable bonds is 2. The van der Waals surface area contributed by atoms with Crippen molar-refractivity contribution in [1.82, 2.24) is 4.90 Å². The van der Waals surface area contributed by atoms with E-state index in [1.54, 1.807) is 4.90 Å². The van der Waals surface area contributed by atoms with Crippen LogP contribution in [0.25, 0.3) is 0 Å². The SMILES string of the molecule is CC1C(N)CCC(C(=O)N2CCCCC2C(=O)O)C1(C)C. The number of carbonyl (C=O) groups excluding carboxylic acids is 1. The molecule has 1 amide bonds. The standard InChI is InChI=1S/C16H28N2O3/c1-10-12(17)8-7-11(16(10,2)3)14(19)18-9-5-4-6-13(18)15(20)21/h10-13H,4-9,17H2,1-3H3,(H,20,21). The van der Waals surface area contributed by atoms with E-state index in [0.29, 0.717) is 13.0 Å². The van der Waals surface area contributed by atoms with Crippen molar-refractivity contribution in [2.24, 2.45) is 23.0 Å². The average molecular weight is 296 g/mol. The van der Waals surface area contributed by atoms with Gasteiger partial charge in [0.2, 0.25) is 5.91 Å². The molecule has 0 bridgehead atoms. The first-order valence-electron chi connectivity index (χ1n) is 8.05. The van der Waals surface area contributed by atoms with Gasteiger partial charge >= 0.3 is 5.97 Å². The zero-order valence-corrected chi connectivity index (χ0v) is 13.3. The molecule has 1 heterocycles. The zero-order valence-electron chi connectivity index (χ0n) is 13.3. The van der Waals surface area contributed by atoms with Crippen LogP contribution in [0.3, 0.4) is 0 Å². The predicted octanol–water partition coefficient (Wildman–Crippen LogP) is 1.85. The Balaban J connectivity index is 2.20. The van der Waals surface area contributed by atoms with Crippen LogP contribution in [0.15, 0.2) is 0 Å². The van der Waals surface area contributed by atoms with Crippen molar-refractivity contribution < 1.29 is 14.7 Å². The number of nitrogens with zero attached hydrogens (tertiary/aromatic N) is 1. The molecular formula is C16H28N2O3. The molecule has 0 spiro atoms. The average Bonchev–Trinajstić information content (AvgIpc) is 2.44. The lowest BCUT2D eigenvalue weighted by Crippen LogP contribution is -2.56. The van der Waals surface area contributed by atoms with Crippen LogP contribution in [0.1, 0.15) is 52.9 Å². The molecule has 4 unspecified atom stereocenters. The molecule has 1 aliphatic carbocycles. The zero-order chi connectivity index (χ0) is 15.8. The molecule has 0 aromatic heterocycles. The Morgan fingerprint density at radius 3 is 2.48 bits per heavy atom. The highest BCUT2D eigenvalue weighted by Crippen LogP contribution is 2.45. The maximum absolute atomic E-state index is 13.0. The van der Waals surface area contributed by atoms with Gasteiger partial charge in [0.15, 0.2) is 0 Å². The van der Waals surface area contributed by atoms with E-state index in [2.05, 4.69) is 20.8 Å². The van der Waals surface area contributed by atoms with Crippen LogP contribution in [0.5, 0.6) is 0 Å². The van der Waals surface area contributed by atoms with Gasteiger partial charge in [0.1, 0.15) is 6.04 Å². The summed E-state index contributed by atoms with van der Waals surface area (Å²) in [5, 5.41) is 9.37. The molecule has 2 fully saturated rings. The van der Waals surface area contributed by atoms with Crippen molar-refractivity contribution in [2.75, 3.05) is 6.54 Å². The van der Waals surface area contributed by atoms with Crippen molar-refractivity contribution in [3.8, 4) is 0 Å². The Bertz CT molecular complexity index is 422. The molecule has 0 aromatic carbocycles. The van der Waals surface area contributed by atoms with Gasteiger partial charge in [0.25, 0.3) is 0 Å². The Morgan fingerprint density at radius 2 is 1.86 bits per heavy atom. The van der Waals surface area contributed by atoms with E-state index < -0.39 is 12.0 Å². The summed E-state index contributed by atoms with van der Waals surface area (Å²) in [6.07, 6.45) is 3.96. The maximum atomic E-state index is 13.0. The van der Waals surface area contributed by atoms with Crippen LogP contribution >= 0.6 is 0 Å². The Labute approximate surface area is 126 Å². The van der Waals surface area contributed by atoms with Crippen molar-refractivity contribution >= 4 is 11.9 Å². The van der Waals surface area contributed by atoms with Crippen LogP contribution in [-0.2, 0) is 9.59 Å². The Morgan fingerprint density at radius 1 is 1.19 bits per heavy atom. The van der Waals surface area contributed by atoms with E-state index in [1.807, 2.05) is 0 Å². The minimum absolute atomic E-state index is 0.0193. The van der Waals surface area contributed by atoms with E-state index in [0.717, 1.165) is 25.7 Å². The van der Waals surface area contributed by atoms with E-state index in [4.69, 9.17) is 5.73 Å². The first kappa shape index (κ1) is 16.3. The number of amides is 1. The number of carboxylic acids is 1. The van der Waals surface area contributed by atoms with Gasteiger partial charge in [-0.25, -0.2) is 4.79 Å². The van der Waals surface area contributed by atoms with Crippen LogP contribution < -0.4 is 5.73 Å². The minimum atomic E-state index is -0.874. The molecule has 1 aliphatic heterocycles.